The van der Waals surface area contributed by atoms with Gasteiger partial charge < -0.3 is 10.1 Å². The summed E-state index contributed by atoms with van der Waals surface area (Å²) in [5.41, 5.74) is 1.63. The first-order valence-electron chi connectivity index (χ1n) is 5.68. The van der Waals surface area contributed by atoms with Gasteiger partial charge in [-0.1, -0.05) is 23.7 Å². The molecule has 0 unspecified atom stereocenters. The Balaban J connectivity index is 2.04. The second kappa shape index (κ2) is 6.45. The zero-order valence-corrected chi connectivity index (χ0v) is 11.1. The van der Waals surface area contributed by atoms with Gasteiger partial charge in [0, 0.05) is 13.7 Å². The molecule has 2 aromatic rings. The number of rotatable bonds is 5. The molecule has 19 heavy (non-hydrogen) atoms. The zero-order chi connectivity index (χ0) is 13.7. The van der Waals surface area contributed by atoms with Crippen molar-refractivity contribution in [1.82, 2.24) is 9.97 Å². The Morgan fingerprint density at radius 2 is 2.00 bits per heavy atom. The molecule has 0 fully saturated rings. The fourth-order valence-corrected chi connectivity index (χ4v) is 1.75. The third-order valence-electron chi connectivity index (χ3n) is 2.40. The van der Waals surface area contributed by atoms with Gasteiger partial charge in [-0.3, -0.25) is 0 Å². The fraction of sp³-hybridized carbons (Fsp3) is 0.231. The van der Waals surface area contributed by atoms with Crippen LogP contribution in [0.15, 0.2) is 30.3 Å². The number of hydrogen-bond acceptors (Lipinski definition) is 4. The summed E-state index contributed by atoms with van der Waals surface area (Å²) in [6.07, 6.45) is 0. The molecule has 0 radical (unpaired) electrons. The highest BCUT2D eigenvalue weighted by molar-refractivity contribution is 6.29. The molecule has 1 N–H and O–H groups in total. The van der Waals surface area contributed by atoms with Crippen molar-refractivity contribution in [2.45, 2.75) is 13.2 Å². The highest BCUT2D eigenvalue weighted by Crippen LogP contribution is 2.12. The van der Waals surface area contributed by atoms with Gasteiger partial charge in [-0.15, -0.1) is 0 Å². The van der Waals surface area contributed by atoms with Gasteiger partial charge in [0.25, 0.3) is 0 Å². The third kappa shape index (κ3) is 4.15. The lowest BCUT2D eigenvalue weighted by Gasteiger charge is -2.07. The quantitative estimate of drug-likeness (QED) is 0.856. The molecule has 0 bridgehead atoms. The first-order chi connectivity index (χ1) is 9.17. The molecule has 1 heterocycles. The maximum atomic E-state index is 12.8. The molecule has 0 aliphatic rings. The molecule has 0 atom stereocenters. The summed E-state index contributed by atoms with van der Waals surface area (Å²) in [7, 11) is 1.58. The molecule has 0 amide bonds. The lowest BCUT2D eigenvalue weighted by atomic mass is 10.2. The third-order valence-corrected chi connectivity index (χ3v) is 2.60. The van der Waals surface area contributed by atoms with E-state index in [-0.39, 0.29) is 5.82 Å². The Morgan fingerprint density at radius 3 is 2.68 bits per heavy atom. The van der Waals surface area contributed by atoms with Crippen LogP contribution in [0.4, 0.5) is 10.3 Å². The van der Waals surface area contributed by atoms with Crippen LogP contribution >= 0.6 is 11.6 Å². The van der Waals surface area contributed by atoms with Crippen LogP contribution in [0.1, 0.15) is 11.3 Å². The number of hydrogen-bond donors (Lipinski definition) is 1. The Hall–Kier alpha value is -1.72. The maximum Gasteiger partial charge on any atom is 0.224 e. The van der Waals surface area contributed by atoms with Gasteiger partial charge in [-0.2, -0.15) is 0 Å². The van der Waals surface area contributed by atoms with Gasteiger partial charge in [-0.25, -0.2) is 14.4 Å². The number of anilines is 1. The van der Waals surface area contributed by atoms with Crippen molar-refractivity contribution in [1.29, 1.82) is 0 Å². The number of benzene rings is 1. The number of nitrogens with one attached hydrogen (secondary N) is 1. The molecule has 1 aromatic carbocycles. The second-order valence-corrected chi connectivity index (χ2v) is 4.31. The van der Waals surface area contributed by atoms with E-state index in [1.807, 2.05) is 0 Å². The smallest absolute Gasteiger partial charge is 0.224 e. The van der Waals surface area contributed by atoms with Gasteiger partial charge in [0.2, 0.25) is 5.95 Å². The van der Waals surface area contributed by atoms with Crippen LogP contribution in [0.25, 0.3) is 0 Å². The van der Waals surface area contributed by atoms with Gasteiger partial charge in [-0.05, 0) is 23.8 Å². The van der Waals surface area contributed by atoms with Crippen LogP contribution in [-0.2, 0) is 17.9 Å². The number of nitrogens with zero attached hydrogens (tertiary/aromatic N) is 2. The summed E-state index contributed by atoms with van der Waals surface area (Å²) in [6, 6.07) is 7.86. The van der Waals surface area contributed by atoms with Crippen LogP contribution in [0.2, 0.25) is 5.15 Å². The van der Waals surface area contributed by atoms with Gasteiger partial charge in [0.05, 0.1) is 12.3 Å². The first-order valence-corrected chi connectivity index (χ1v) is 6.06. The number of halogens is 2. The molecule has 4 nitrogen and oxygen atoms in total. The second-order valence-electron chi connectivity index (χ2n) is 3.92. The molecular weight excluding hydrogens is 269 g/mol. The predicted molar refractivity (Wildman–Crippen MR) is 71.5 cm³/mol. The van der Waals surface area contributed by atoms with E-state index < -0.39 is 0 Å². The monoisotopic (exact) mass is 281 g/mol. The maximum absolute atomic E-state index is 12.8. The minimum Gasteiger partial charge on any atom is -0.378 e. The van der Waals surface area contributed by atoms with Crippen molar-refractivity contribution >= 4 is 17.5 Å². The molecule has 2 rings (SSSR count). The molecule has 0 aliphatic carbocycles. The van der Waals surface area contributed by atoms with Gasteiger partial charge in [0.1, 0.15) is 11.0 Å². The Bertz CT molecular complexity index is 548. The van der Waals surface area contributed by atoms with Crippen LogP contribution in [0, 0.1) is 5.82 Å². The van der Waals surface area contributed by atoms with E-state index in [0.29, 0.717) is 29.9 Å². The Labute approximate surface area is 115 Å². The molecule has 0 saturated heterocycles. The van der Waals surface area contributed by atoms with Crippen molar-refractivity contribution in [3.8, 4) is 0 Å². The predicted octanol–water partition coefficient (Wildman–Crippen LogP) is 3.03. The summed E-state index contributed by atoms with van der Waals surface area (Å²) >= 11 is 5.89. The summed E-state index contributed by atoms with van der Waals surface area (Å²) in [5, 5.41) is 3.39. The topological polar surface area (TPSA) is 47.0 Å². The normalized spacial score (nSPS) is 10.5. The number of methoxy groups -OCH3 is 1. The van der Waals surface area contributed by atoms with Crippen molar-refractivity contribution < 1.29 is 9.13 Å². The summed E-state index contributed by atoms with van der Waals surface area (Å²) in [4.78, 5) is 8.31. The standard InChI is InChI=1S/C13H13ClFN3O/c1-19-8-11-6-12(14)18-13(17-11)16-7-9-2-4-10(15)5-3-9/h2-6H,7-8H2,1H3,(H,16,17,18). The van der Waals surface area contributed by atoms with Crippen LogP contribution in [-0.4, -0.2) is 17.1 Å². The SMILES string of the molecule is COCc1cc(Cl)nc(NCc2ccc(F)cc2)n1. The van der Waals surface area contributed by atoms with Crippen LogP contribution < -0.4 is 5.32 Å². The highest BCUT2D eigenvalue weighted by atomic mass is 35.5. The van der Waals surface area contributed by atoms with Crippen molar-refractivity contribution in [3.05, 3.63) is 52.6 Å². The largest absolute Gasteiger partial charge is 0.378 e. The van der Waals surface area contributed by atoms with Gasteiger partial charge in [0.15, 0.2) is 0 Å². The Morgan fingerprint density at radius 1 is 1.26 bits per heavy atom. The average Bonchev–Trinajstić information content (AvgIpc) is 2.38. The van der Waals surface area contributed by atoms with E-state index in [1.165, 1.54) is 12.1 Å². The molecule has 0 spiro atoms. The minimum absolute atomic E-state index is 0.259. The van der Waals surface area contributed by atoms with Crippen molar-refractivity contribution in [3.63, 3.8) is 0 Å². The molecule has 100 valence electrons. The van der Waals surface area contributed by atoms with E-state index >= 15 is 0 Å². The van der Waals surface area contributed by atoms with Crippen LogP contribution in [0.3, 0.4) is 0 Å². The zero-order valence-electron chi connectivity index (χ0n) is 10.4. The van der Waals surface area contributed by atoms with E-state index in [9.17, 15) is 4.39 Å². The summed E-state index contributed by atoms with van der Waals surface area (Å²) in [6.45, 7) is 0.862. The van der Waals surface area contributed by atoms with E-state index in [0.717, 1.165) is 5.56 Å². The lowest BCUT2D eigenvalue weighted by Crippen LogP contribution is -2.06. The average molecular weight is 282 g/mol. The summed E-state index contributed by atoms with van der Waals surface area (Å²) in [5.74, 6) is 0.161. The van der Waals surface area contributed by atoms with E-state index in [4.69, 9.17) is 16.3 Å². The molecule has 0 saturated carbocycles. The molecule has 6 heteroatoms. The summed E-state index contributed by atoms with van der Waals surface area (Å²) < 4.78 is 17.8. The van der Waals surface area contributed by atoms with Gasteiger partial charge >= 0.3 is 0 Å². The molecular formula is C13H13ClFN3O. The minimum atomic E-state index is -0.259. The van der Waals surface area contributed by atoms with E-state index in [1.54, 1.807) is 25.3 Å². The Kier molecular flexibility index (Phi) is 4.65. The molecule has 1 aromatic heterocycles. The van der Waals surface area contributed by atoms with Crippen molar-refractivity contribution in [2.75, 3.05) is 12.4 Å². The van der Waals surface area contributed by atoms with Crippen LogP contribution in [0.5, 0.6) is 0 Å². The van der Waals surface area contributed by atoms with Crippen molar-refractivity contribution in [2.24, 2.45) is 0 Å². The first kappa shape index (κ1) is 13.7. The number of aromatic nitrogens is 2. The highest BCUT2D eigenvalue weighted by Gasteiger charge is 2.03. The number of ether oxygens (including phenoxy) is 1. The van der Waals surface area contributed by atoms with E-state index in [2.05, 4.69) is 15.3 Å². The fourth-order valence-electron chi connectivity index (χ4n) is 1.55. The molecule has 0 aliphatic heterocycles. The lowest BCUT2D eigenvalue weighted by molar-refractivity contribution is 0.181.